The third-order valence-electron chi connectivity index (χ3n) is 2.86. The van der Waals surface area contributed by atoms with Crippen LogP contribution in [-0.2, 0) is 9.59 Å². The molecule has 126 valence electrons. The first-order valence-corrected chi connectivity index (χ1v) is 7.76. The zero-order chi connectivity index (χ0) is 16.3. The zero-order valence-electron chi connectivity index (χ0n) is 13.1. The summed E-state index contributed by atoms with van der Waals surface area (Å²) in [4.78, 5) is 18.9. The first-order chi connectivity index (χ1) is 10.1. The third kappa shape index (κ3) is 24.2. The largest absolute Gasteiger partial charge is 0.361 e. The summed E-state index contributed by atoms with van der Waals surface area (Å²) in [6.45, 7) is 4.02. The van der Waals surface area contributed by atoms with Gasteiger partial charge in [0, 0.05) is 0 Å². The fourth-order valence-corrected chi connectivity index (χ4v) is 1.62. The zero-order valence-corrected chi connectivity index (χ0v) is 13.1. The second-order valence-corrected chi connectivity index (χ2v) is 4.88. The molecule has 0 bridgehead atoms. The van der Waals surface area contributed by atoms with Gasteiger partial charge in [-0.25, -0.2) is 0 Å². The molecule has 0 aromatic rings. The van der Waals surface area contributed by atoms with Crippen molar-refractivity contribution in [3.05, 3.63) is 0 Å². The monoisotopic (exact) mass is 303 g/mol. The van der Waals surface area contributed by atoms with E-state index >= 15 is 0 Å². The highest BCUT2D eigenvalue weighted by Crippen LogP contribution is 1.98. The molecule has 0 heterocycles. The van der Waals surface area contributed by atoms with Gasteiger partial charge >= 0.3 is 11.8 Å². The molecule has 9 N–H and O–H groups in total. The van der Waals surface area contributed by atoms with Crippen LogP contribution in [0.15, 0.2) is 0 Å². The molecule has 21 heavy (non-hydrogen) atoms. The number of carbonyl (C=O) groups excluding carboxylic acids is 2. The molecule has 0 radical (unpaired) electrons. The van der Waals surface area contributed by atoms with Crippen molar-refractivity contribution in [2.24, 2.45) is 22.9 Å². The van der Waals surface area contributed by atoms with E-state index < -0.39 is 11.8 Å². The van der Waals surface area contributed by atoms with E-state index in [0.717, 1.165) is 13.1 Å². The highest BCUT2D eigenvalue weighted by atomic mass is 16.2. The van der Waals surface area contributed by atoms with Crippen LogP contribution >= 0.6 is 0 Å². The van der Waals surface area contributed by atoms with Crippen molar-refractivity contribution in [1.82, 2.24) is 5.32 Å². The molecule has 0 spiro atoms. The Hall–Kier alpha value is -1.18. The van der Waals surface area contributed by atoms with Crippen LogP contribution in [-0.4, -0.2) is 38.0 Å². The molecule has 7 nitrogen and oxygen atoms in total. The average Bonchev–Trinajstić information content (AvgIpc) is 2.45. The summed E-state index contributed by atoms with van der Waals surface area (Å²) in [7, 11) is 0. The summed E-state index contributed by atoms with van der Waals surface area (Å²) in [5, 5.41) is 3.48. The van der Waals surface area contributed by atoms with Crippen LogP contribution in [0.3, 0.4) is 0 Å². The molecule has 0 atom stereocenters. The SMILES string of the molecule is NC(=O)C(N)=O.NCCCCCCNCCCCCCN. The predicted molar refractivity (Wildman–Crippen MR) is 86.3 cm³/mol. The van der Waals surface area contributed by atoms with Gasteiger partial charge in [-0.1, -0.05) is 25.7 Å². The maximum atomic E-state index is 9.45. The van der Waals surface area contributed by atoms with Crippen LogP contribution in [0.5, 0.6) is 0 Å². The van der Waals surface area contributed by atoms with Crippen molar-refractivity contribution in [3.63, 3.8) is 0 Å². The van der Waals surface area contributed by atoms with E-state index in [0.29, 0.717) is 0 Å². The molecule has 0 aromatic carbocycles. The number of rotatable bonds is 12. The quantitative estimate of drug-likeness (QED) is 0.245. The number of primary amides is 2. The van der Waals surface area contributed by atoms with E-state index in [1.54, 1.807) is 0 Å². The van der Waals surface area contributed by atoms with Gasteiger partial charge in [0.2, 0.25) is 0 Å². The number of nitrogens with two attached hydrogens (primary N) is 4. The number of hydrogen-bond acceptors (Lipinski definition) is 5. The molecule has 0 aliphatic heterocycles. The van der Waals surface area contributed by atoms with E-state index in [9.17, 15) is 9.59 Å². The summed E-state index contributed by atoms with van der Waals surface area (Å²) in [6, 6.07) is 0. The fourth-order valence-electron chi connectivity index (χ4n) is 1.62. The first kappa shape index (κ1) is 22.1. The van der Waals surface area contributed by atoms with Crippen LogP contribution in [0, 0.1) is 0 Å². The van der Waals surface area contributed by atoms with Crippen LogP contribution < -0.4 is 28.3 Å². The molecular weight excluding hydrogens is 270 g/mol. The molecule has 0 fully saturated rings. The van der Waals surface area contributed by atoms with Crippen molar-refractivity contribution in [1.29, 1.82) is 0 Å². The number of hydrogen-bond donors (Lipinski definition) is 5. The number of unbranched alkanes of at least 4 members (excludes halogenated alkanes) is 6. The van der Waals surface area contributed by atoms with Crippen molar-refractivity contribution in [2.75, 3.05) is 26.2 Å². The molecule has 7 heteroatoms. The number of amides is 2. The van der Waals surface area contributed by atoms with Gasteiger partial charge in [0.05, 0.1) is 0 Å². The van der Waals surface area contributed by atoms with E-state index in [1.807, 2.05) is 0 Å². The third-order valence-corrected chi connectivity index (χ3v) is 2.86. The molecule has 0 rings (SSSR count). The summed E-state index contributed by atoms with van der Waals surface area (Å²) in [5.41, 5.74) is 19.5. The van der Waals surface area contributed by atoms with Crippen molar-refractivity contribution >= 4 is 11.8 Å². The highest BCUT2D eigenvalue weighted by molar-refractivity contribution is 6.33. The Kier molecular flexibility index (Phi) is 19.8. The van der Waals surface area contributed by atoms with Crippen LogP contribution in [0.1, 0.15) is 51.4 Å². The molecular formula is C14H33N5O2. The van der Waals surface area contributed by atoms with Crippen LogP contribution in [0.2, 0.25) is 0 Å². The average molecular weight is 303 g/mol. The summed E-state index contributed by atoms with van der Waals surface area (Å²) in [6.07, 6.45) is 10.2. The maximum Gasteiger partial charge on any atom is 0.306 e. The van der Waals surface area contributed by atoms with Crippen molar-refractivity contribution in [2.45, 2.75) is 51.4 Å². The van der Waals surface area contributed by atoms with Gasteiger partial charge in [-0.05, 0) is 51.9 Å². The maximum absolute atomic E-state index is 9.45. The minimum absolute atomic E-state index is 0.842. The Balaban J connectivity index is 0. The Morgan fingerprint density at radius 2 is 0.952 bits per heavy atom. The highest BCUT2D eigenvalue weighted by Gasteiger charge is 1.96. The summed E-state index contributed by atoms with van der Waals surface area (Å²) in [5.74, 6) is -2.20. The number of carbonyl (C=O) groups is 2. The number of nitrogens with one attached hydrogen (secondary N) is 1. The van der Waals surface area contributed by atoms with Crippen molar-refractivity contribution < 1.29 is 9.59 Å². The van der Waals surface area contributed by atoms with Gasteiger partial charge in [-0.3, -0.25) is 9.59 Å². The molecule has 0 aliphatic carbocycles. The molecule has 0 unspecified atom stereocenters. The minimum Gasteiger partial charge on any atom is -0.361 e. The van der Waals surface area contributed by atoms with Crippen LogP contribution in [0.25, 0.3) is 0 Å². The minimum atomic E-state index is -1.10. The van der Waals surface area contributed by atoms with E-state index in [2.05, 4.69) is 16.8 Å². The van der Waals surface area contributed by atoms with Crippen LogP contribution in [0.4, 0.5) is 0 Å². The van der Waals surface area contributed by atoms with E-state index in [4.69, 9.17) is 11.5 Å². The molecule has 0 saturated carbocycles. The standard InChI is InChI=1S/C12H29N3.C2H4N2O2/c13-9-5-1-3-7-11-15-12-8-4-2-6-10-14;3-1(5)2(4)6/h15H,1-14H2;(H2,3,5)(H2,4,6). The lowest BCUT2D eigenvalue weighted by molar-refractivity contribution is -0.135. The molecule has 0 saturated heterocycles. The van der Waals surface area contributed by atoms with E-state index in [1.165, 1.54) is 64.5 Å². The van der Waals surface area contributed by atoms with Gasteiger partial charge in [0.15, 0.2) is 0 Å². The Labute approximate surface area is 128 Å². The fraction of sp³-hybridized carbons (Fsp3) is 0.857. The molecule has 0 aliphatic rings. The normalized spacial score (nSPS) is 9.81. The van der Waals surface area contributed by atoms with Crippen molar-refractivity contribution in [3.8, 4) is 0 Å². The molecule has 2 amide bonds. The summed E-state index contributed by atoms with van der Waals surface area (Å²) < 4.78 is 0. The predicted octanol–water partition coefficient (Wildman–Crippen LogP) is -0.429. The van der Waals surface area contributed by atoms with Gasteiger partial charge in [0.25, 0.3) is 0 Å². The lowest BCUT2D eigenvalue weighted by atomic mass is 10.2. The van der Waals surface area contributed by atoms with Gasteiger partial charge in [0.1, 0.15) is 0 Å². The Morgan fingerprint density at radius 3 is 1.24 bits per heavy atom. The topological polar surface area (TPSA) is 150 Å². The smallest absolute Gasteiger partial charge is 0.306 e. The second-order valence-electron chi connectivity index (χ2n) is 4.88. The Bertz CT molecular complexity index is 226. The lowest BCUT2D eigenvalue weighted by Gasteiger charge is -2.04. The first-order valence-electron chi connectivity index (χ1n) is 7.76. The van der Waals surface area contributed by atoms with Gasteiger partial charge in [-0.15, -0.1) is 0 Å². The van der Waals surface area contributed by atoms with E-state index in [-0.39, 0.29) is 0 Å². The Morgan fingerprint density at radius 1 is 0.619 bits per heavy atom. The molecule has 0 aromatic heterocycles. The lowest BCUT2D eigenvalue weighted by Crippen LogP contribution is -2.29. The van der Waals surface area contributed by atoms with Gasteiger partial charge < -0.3 is 28.3 Å². The van der Waals surface area contributed by atoms with Gasteiger partial charge in [-0.2, -0.15) is 0 Å². The second kappa shape index (κ2) is 18.8. The summed E-state index contributed by atoms with van der Waals surface area (Å²) >= 11 is 0.